The minimum Gasteiger partial charge on any atom is -0.479 e. The number of fused-ring (bicyclic) bond motifs is 2. The first-order valence-electron chi connectivity index (χ1n) is 9.86. The highest BCUT2D eigenvalue weighted by atomic mass is 19.1. The van der Waals surface area contributed by atoms with E-state index in [0.717, 1.165) is 12.3 Å². The SMILES string of the molecule is CNC(=O)c1cnc2c(F)cc(-c3c(F)cn4nc(NCC(C)(C)C#N)nc(OC)c34)cn12. The summed E-state index contributed by atoms with van der Waals surface area (Å²) in [7, 11) is 2.80. The summed E-state index contributed by atoms with van der Waals surface area (Å²) in [6, 6.07) is 3.28. The van der Waals surface area contributed by atoms with Gasteiger partial charge in [-0.25, -0.2) is 18.3 Å². The lowest BCUT2D eigenvalue weighted by Crippen LogP contribution is -2.22. The van der Waals surface area contributed by atoms with Crippen LogP contribution >= 0.6 is 0 Å². The fourth-order valence-electron chi connectivity index (χ4n) is 3.33. The number of anilines is 1. The molecular formula is C21H20F2N8O2. The second-order valence-electron chi connectivity index (χ2n) is 7.93. The van der Waals surface area contributed by atoms with Crippen molar-refractivity contribution in [1.29, 1.82) is 5.26 Å². The van der Waals surface area contributed by atoms with Crippen molar-refractivity contribution in [3.63, 3.8) is 0 Å². The largest absolute Gasteiger partial charge is 0.479 e. The van der Waals surface area contributed by atoms with Crippen LogP contribution < -0.4 is 15.4 Å². The fourth-order valence-corrected chi connectivity index (χ4v) is 3.33. The molecule has 0 saturated carbocycles. The molecule has 0 aliphatic carbocycles. The van der Waals surface area contributed by atoms with E-state index in [1.807, 2.05) is 0 Å². The third-order valence-corrected chi connectivity index (χ3v) is 5.05. The number of hydrogen-bond acceptors (Lipinski definition) is 7. The Hall–Kier alpha value is -4.27. The quantitative estimate of drug-likeness (QED) is 0.459. The van der Waals surface area contributed by atoms with Gasteiger partial charge in [-0.15, -0.1) is 5.10 Å². The predicted molar refractivity (Wildman–Crippen MR) is 115 cm³/mol. The molecule has 170 valence electrons. The van der Waals surface area contributed by atoms with E-state index in [1.165, 1.54) is 35.5 Å². The van der Waals surface area contributed by atoms with Gasteiger partial charge in [0.2, 0.25) is 11.8 Å². The second-order valence-corrected chi connectivity index (χ2v) is 7.93. The molecule has 4 aromatic rings. The number of halogens is 2. The van der Waals surface area contributed by atoms with Crippen LogP contribution in [0.2, 0.25) is 0 Å². The highest BCUT2D eigenvalue weighted by Crippen LogP contribution is 2.35. The average molecular weight is 454 g/mol. The van der Waals surface area contributed by atoms with Crippen molar-refractivity contribution >= 4 is 23.0 Å². The molecule has 0 aromatic carbocycles. The van der Waals surface area contributed by atoms with Gasteiger partial charge >= 0.3 is 0 Å². The Morgan fingerprint density at radius 3 is 2.73 bits per heavy atom. The molecule has 4 aromatic heterocycles. The van der Waals surface area contributed by atoms with Gasteiger partial charge in [0.15, 0.2) is 17.3 Å². The molecule has 0 bridgehead atoms. The van der Waals surface area contributed by atoms with Crippen molar-refractivity contribution in [3.8, 4) is 23.1 Å². The maximum atomic E-state index is 15.1. The number of rotatable bonds is 6. The zero-order valence-electron chi connectivity index (χ0n) is 18.3. The molecule has 1 amide bonds. The topological polar surface area (TPSA) is 122 Å². The Morgan fingerprint density at radius 1 is 1.30 bits per heavy atom. The minimum absolute atomic E-state index is 0.00638. The van der Waals surface area contributed by atoms with Crippen molar-refractivity contribution in [3.05, 3.63) is 42.0 Å². The zero-order valence-corrected chi connectivity index (χ0v) is 18.3. The maximum Gasteiger partial charge on any atom is 0.269 e. The van der Waals surface area contributed by atoms with E-state index in [2.05, 4.69) is 31.8 Å². The minimum atomic E-state index is -0.738. The summed E-state index contributed by atoms with van der Waals surface area (Å²) < 4.78 is 37.8. The average Bonchev–Trinajstić information content (AvgIpc) is 3.37. The number of nitrogens with zero attached hydrogens (tertiary/aromatic N) is 6. The van der Waals surface area contributed by atoms with Crippen molar-refractivity contribution < 1.29 is 18.3 Å². The maximum absolute atomic E-state index is 15.1. The number of ether oxygens (including phenoxy) is 1. The fraction of sp³-hybridized carbons (Fsp3) is 0.286. The van der Waals surface area contributed by atoms with Crippen LogP contribution in [0, 0.1) is 28.4 Å². The van der Waals surface area contributed by atoms with Gasteiger partial charge in [0.1, 0.15) is 11.2 Å². The van der Waals surface area contributed by atoms with Crippen molar-refractivity contribution in [2.24, 2.45) is 5.41 Å². The number of nitriles is 1. The van der Waals surface area contributed by atoms with Crippen LogP contribution in [-0.2, 0) is 0 Å². The van der Waals surface area contributed by atoms with E-state index < -0.39 is 23.0 Å². The molecule has 0 aliphatic rings. The molecule has 0 atom stereocenters. The Morgan fingerprint density at radius 2 is 2.06 bits per heavy atom. The molecule has 33 heavy (non-hydrogen) atoms. The molecule has 4 heterocycles. The zero-order chi connectivity index (χ0) is 23.9. The highest BCUT2D eigenvalue weighted by molar-refractivity contribution is 5.93. The van der Waals surface area contributed by atoms with E-state index in [1.54, 1.807) is 13.8 Å². The van der Waals surface area contributed by atoms with Gasteiger partial charge in [0, 0.05) is 25.4 Å². The summed E-state index contributed by atoms with van der Waals surface area (Å²) in [6.45, 7) is 3.74. The normalized spacial score (nSPS) is 11.5. The number of amides is 1. The van der Waals surface area contributed by atoms with E-state index in [4.69, 9.17) is 4.74 Å². The molecule has 10 nitrogen and oxygen atoms in total. The van der Waals surface area contributed by atoms with Crippen LogP contribution in [0.1, 0.15) is 24.3 Å². The Bertz CT molecular complexity index is 1430. The Kier molecular flexibility index (Phi) is 5.33. The lowest BCUT2D eigenvalue weighted by Gasteiger charge is -2.16. The van der Waals surface area contributed by atoms with E-state index >= 15 is 4.39 Å². The molecular weight excluding hydrogens is 434 g/mol. The number of carbonyl (C=O) groups excluding carboxylic acids is 1. The number of hydrogen-bond donors (Lipinski definition) is 2. The van der Waals surface area contributed by atoms with Gasteiger partial charge in [-0.2, -0.15) is 10.2 Å². The molecule has 2 N–H and O–H groups in total. The van der Waals surface area contributed by atoms with Gasteiger partial charge in [-0.3, -0.25) is 9.20 Å². The predicted octanol–water partition coefficient (Wildman–Crippen LogP) is 2.65. The first kappa shape index (κ1) is 21.9. The van der Waals surface area contributed by atoms with Crippen molar-refractivity contribution in [2.75, 3.05) is 26.0 Å². The second kappa shape index (κ2) is 8.01. The number of carbonyl (C=O) groups is 1. The molecule has 0 saturated heterocycles. The van der Waals surface area contributed by atoms with Crippen LogP contribution in [0.15, 0.2) is 24.7 Å². The highest BCUT2D eigenvalue weighted by Gasteiger charge is 2.24. The number of imidazole rings is 1. The Balaban J connectivity index is 1.88. The van der Waals surface area contributed by atoms with E-state index in [-0.39, 0.29) is 46.4 Å². The standard InChI is InChI=1S/C21H20F2N8O2/c1-21(2,9-24)10-27-20-28-19(33-4)16-15(13(23)8-31(16)29-20)11-5-12(22)17-26-6-14(18(32)25-3)30(17)7-11/h5-8H,10H2,1-4H3,(H,25,32)(H,27,29). The first-order chi connectivity index (χ1) is 15.7. The molecule has 0 radical (unpaired) electrons. The van der Waals surface area contributed by atoms with E-state index in [9.17, 15) is 14.4 Å². The molecule has 4 rings (SSSR count). The lowest BCUT2D eigenvalue weighted by atomic mass is 9.96. The van der Waals surface area contributed by atoms with Gasteiger partial charge in [0.25, 0.3) is 5.91 Å². The monoisotopic (exact) mass is 454 g/mol. The molecule has 0 aliphatic heterocycles. The van der Waals surface area contributed by atoms with Crippen molar-refractivity contribution in [1.82, 2.24) is 29.3 Å². The van der Waals surface area contributed by atoms with Crippen LogP contribution in [-0.4, -0.2) is 50.6 Å². The van der Waals surface area contributed by atoms with Crippen LogP contribution in [0.3, 0.4) is 0 Å². The smallest absolute Gasteiger partial charge is 0.269 e. The van der Waals surface area contributed by atoms with Gasteiger partial charge < -0.3 is 15.4 Å². The van der Waals surface area contributed by atoms with Crippen LogP contribution in [0.5, 0.6) is 5.88 Å². The summed E-state index contributed by atoms with van der Waals surface area (Å²) in [4.78, 5) is 20.3. The molecule has 0 spiro atoms. The van der Waals surface area contributed by atoms with Gasteiger partial charge in [-0.1, -0.05) is 0 Å². The van der Waals surface area contributed by atoms with Crippen molar-refractivity contribution in [2.45, 2.75) is 13.8 Å². The number of aromatic nitrogens is 5. The molecule has 12 heteroatoms. The van der Waals surface area contributed by atoms with E-state index in [0.29, 0.717) is 0 Å². The number of methoxy groups -OCH3 is 1. The van der Waals surface area contributed by atoms with Gasteiger partial charge in [-0.05, 0) is 19.9 Å². The summed E-state index contributed by atoms with van der Waals surface area (Å²) in [5, 5.41) is 18.8. The number of nitrogens with one attached hydrogen (secondary N) is 2. The first-order valence-corrected chi connectivity index (χ1v) is 9.86. The Labute approximate surface area is 186 Å². The molecule has 0 fully saturated rings. The lowest BCUT2D eigenvalue weighted by molar-refractivity contribution is 0.0957. The third kappa shape index (κ3) is 3.78. The summed E-state index contributed by atoms with van der Waals surface area (Å²) >= 11 is 0. The van der Waals surface area contributed by atoms with Gasteiger partial charge in [0.05, 0.1) is 36.6 Å². The summed E-state index contributed by atoms with van der Waals surface area (Å²) in [6.07, 6.45) is 3.76. The summed E-state index contributed by atoms with van der Waals surface area (Å²) in [5.74, 6) is -1.74. The molecule has 0 unspecified atom stereocenters. The third-order valence-electron chi connectivity index (χ3n) is 5.05. The number of pyridine rings is 1. The summed E-state index contributed by atoms with van der Waals surface area (Å²) in [5.41, 5.74) is -0.369. The van der Waals surface area contributed by atoms with Crippen LogP contribution in [0.4, 0.5) is 14.7 Å². The van der Waals surface area contributed by atoms with Crippen LogP contribution in [0.25, 0.3) is 22.3 Å².